The predicted octanol–water partition coefficient (Wildman–Crippen LogP) is 1.53. The average Bonchev–Trinajstić information content (AvgIpc) is 2.31. The van der Waals surface area contributed by atoms with Gasteiger partial charge in [-0.05, 0) is 6.92 Å². The third-order valence-corrected chi connectivity index (χ3v) is 3.14. The van der Waals surface area contributed by atoms with Crippen LogP contribution in [0.4, 0.5) is 5.82 Å². The molecule has 0 bridgehead atoms. The summed E-state index contributed by atoms with van der Waals surface area (Å²) in [6.07, 6.45) is 0. The lowest BCUT2D eigenvalue weighted by Crippen LogP contribution is -2.32. The molecule has 0 unspecified atom stereocenters. The molecule has 0 atom stereocenters. The SMILES string of the molecule is Cc1c(Cl)nc(C(C)(C)C)nc1N(CCO)CCO. The molecule has 0 radical (unpaired) electrons. The van der Waals surface area contributed by atoms with Crippen molar-refractivity contribution in [3.63, 3.8) is 0 Å². The fourth-order valence-electron chi connectivity index (χ4n) is 1.69. The smallest absolute Gasteiger partial charge is 0.137 e. The molecule has 1 rings (SSSR count). The van der Waals surface area contributed by atoms with Crippen molar-refractivity contribution in [3.05, 3.63) is 16.5 Å². The van der Waals surface area contributed by atoms with Gasteiger partial charge in [0.2, 0.25) is 0 Å². The van der Waals surface area contributed by atoms with E-state index in [-0.39, 0.29) is 18.6 Å². The number of aliphatic hydroxyl groups excluding tert-OH is 2. The molecular formula is C13H22ClN3O2. The van der Waals surface area contributed by atoms with Gasteiger partial charge >= 0.3 is 0 Å². The van der Waals surface area contributed by atoms with Crippen molar-refractivity contribution in [1.29, 1.82) is 0 Å². The first-order chi connectivity index (χ1) is 8.81. The number of hydrogen-bond acceptors (Lipinski definition) is 5. The fourth-order valence-corrected chi connectivity index (χ4v) is 1.85. The van der Waals surface area contributed by atoms with E-state index in [4.69, 9.17) is 21.8 Å². The van der Waals surface area contributed by atoms with Gasteiger partial charge in [0, 0.05) is 24.1 Å². The zero-order chi connectivity index (χ0) is 14.6. The van der Waals surface area contributed by atoms with Gasteiger partial charge in [-0.15, -0.1) is 0 Å². The van der Waals surface area contributed by atoms with Gasteiger partial charge in [-0.2, -0.15) is 0 Å². The lowest BCUT2D eigenvalue weighted by Gasteiger charge is -2.26. The Bertz CT molecular complexity index is 427. The van der Waals surface area contributed by atoms with E-state index in [9.17, 15) is 0 Å². The molecule has 0 aliphatic carbocycles. The maximum absolute atomic E-state index is 9.11. The minimum absolute atomic E-state index is 0.00802. The second kappa shape index (κ2) is 6.50. The van der Waals surface area contributed by atoms with Crippen molar-refractivity contribution in [2.24, 2.45) is 0 Å². The van der Waals surface area contributed by atoms with Gasteiger partial charge < -0.3 is 15.1 Å². The normalized spacial score (nSPS) is 11.7. The molecule has 1 aromatic rings. The van der Waals surface area contributed by atoms with E-state index in [1.165, 1.54) is 0 Å². The van der Waals surface area contributed by atoms with E-state index in [1.54, 1.807) is 0 Å². The van der Waals surface area contributed by atoms with Gasteiger partial charge in [0.15, 0.2) is 0 Å². The van der Waals surface area contributed by atoms with E-state index in [0.29, 0.717) is 29.9 Å². The van der Waals surface area contributed by atoms with Crippen LogP contribution in [0.1, 0.15) is 32.2 Å². The van der Waals surface area contributed by atoms with Gasteiger partial charge in [0.25, 0.3) is 0 Å². The topological polar surface area (TPSA) is 69.5 Å². The largest absolute Gasteiger partial charge is 0.395 e. The zero-order valence-electron chi connectivity index (χ0n) is 11.9. The molecule has 0 aromatic carbocycles. The van der Waals surface area contributed by atoms with E-state index < -0.39 is 0 Å². The molecule has 108 valence electrons. The van der Waals surface area contributed by atoms with Crippen LogP contribution in [0.5, 0.6) is 0 Å². The molecule has 19 heavy (non-hydrogen) atoms. The Labute approximate surface area is 119 Å². The molecule has 2 N–H and O–H groups in total. The molecule has 0 saturated heterocycles. The Hall–Kier alpha value is -0.910. The maximum atomic E-state index is 9.11. The average molecular weight is 288 g/mol. The Balaban J connectivity index is 3.27. The molecular weight excluding hydrogens is 266 g/mol. The van der Waals surface area contributed by atoms with Crippen molar-refractivity contribution < 1.29 is 10.2 Å². The molecule has 0 fully saturated rings. The van der Waals surface area contributed by atoms with Crippen molar-refractivity contribution in [2.75, 3.05) is 31.2 Å². The van der Waals surface area contributed by atoms with Gasteiger partial charge in [-0.25, -0.2) is 9.97 Å². The van der Waals surface area contributed by atoms with Crippen LogP contribution in [-0.2, 0) is 5.41 Å². The first kappa shape index (κ1) is 16.1. The lowest BCUT2D eigenvalue weighted by atomic mass is 9.95. The summed E-state index contributed by atoms with van der Waals surface area (Å²) < 4.78 is 0. The summed E-state index contributed by atoms with van der Waals surface area (Å²) in [5.41, 5.74) is 0.549. The van der Waals surface area contributed by atoms with Crippen LogP contribution in [0.15, 0.2) is 0 Å². The van der Waals surface area contributed by atoms with Crippen LogP contribution in [0, 0.1) is 6.92 Å². The second-order valence-electron chi connectivity index (χ2n) is 5.47. The Morgan fingerprint density at radius 2 is 1.63 bits per heavy atom. The van der Waals surface area contributed by atoms with Crippen LogP contribution in [-0.4, -0.2) is 46.5 Å². The minimum atomic E-state index is -0.212. The summed E-state index contributed by atoms with van der Waals surface area (Å²) in [6, 6.07) is 0. The highest BCUT2D eigenvalue weighted by atomic mass is 35.5. The molecule has 1 aromatic heterocycles. The summed E-state index contributed by atoms with van der Waals surface area (Å²) in [5, 5.41) is 18.6. The molecule has 1 heterocycles. The highest BCUT2D eigenvalue weighted by Gasteiger charge is 2.22. The summed E-state index contributed by atoms with van der Waals surface area (Å²) in [6.45, 7) is 8.67. The quantitative estimate of drug-likeness (QED) is 0.804. The number of aliphatic hydroxyl groups is 2. The summed E-state index contributed by atoms with van der Waals surface area (Å²) >= 11 is 6.17. The Morgan fingerprint density at radius 3 is 2.05 bits per heavy atom. The fraction of sp³-hybridized carbons (Fsp3) is 0.692. The minimum Gasteiger partial charge on any atom is -0.395 e. The Morgan fingerprint density at radius 1 is 1.11 bits per heavy atom. The molecule has 0 aliphatic heterocycles. The maximum Gasteiger partial charge on any atom is 0.137 e. The van der Waals surface area contributed by atoms with Crippen LogP contribution in [0.25, 0.3) is 0 Å². The van der Waals surface area contributed by atoms with Crippen molar-refractivity contribution in [2.45, 2.75) is 33.1 Å². The van der Waals surface area contributed by atoms with Crippen LogP contribution >= 0.6 is 11.6 Å². The number of nitrogens with zero attached hydrogens (tertiary/aromatic N) is 3. The molecule has 0 aliphatic rings. The van der Waals surface area contributed by atoms with Gasteiger partial charge in [0.05, 0.1) is 13.2 Å². The number of aromatic nitrogens is 2. The van der Waals surface area contributed by atoms with E-state index >= 15 is 0 Å². The number of rotatable bonds is 5. The van der Waals surface area contributed by atoms with Crippen LogP contribution < -0.4 is 4.90 Å². The third kappa shape index (κ3) is 4.03. The molecule has 6 heteroatoms. The summed E-state index contributed by atoms with van der Waals surface area (Å²) in [5.74, 6) is 1.33. The van der Waals surface area contributed by atoms with E-state index in [0.717, 1.165) is 5.56 Å². The first-order valence-electron chi connectivity index (χ1n) is 6.32. The molecule has 0 spiro atoms. The zero-order valence-corrected chi connectivity index (χ0v) is 12.7. The number of anilines is 1. The molecule has 0 amide bonds. The first-order valence-corrected chi connectivity index (χ1v) is 6.70. The summed E-state index contributed by atoms with van der Waals surface area (Å²) in [7, 11) is 0. The lowest BCUT2D eigenvalue weighted by molar-refractivity contribution is 0.280. The summed E-state index contributed by atoms with van der Waals surface area (Å²) in [4.78, 5) is 10.7. The van der Waals surface area contributed by atoms with Gasteiger partial charge in [-0.1, -0.05) is 32.4 Å². The monoisotopic (exact) mass is 287 g/mol. The predicted molar refractivity (Wildman–Crippen MR) is 76.9 cm³/mol. The molecule has 0 saturated carbocycles. The Kier molecular flexibility index (Phi) is 5.52. The second-order valence-corrected chi connectivity index (χ2v) is 5.83. The standard InChI is InChI=1S/C13H22ClN3O2/c1-9-10(14)15-12(13(2,3)4)16-11(9)17(5-7-18)6-8-19/h18-19H,5-8H2,1-4H3. The van der Waals surface area contributed by atoms with E-state index in [1.807, 2.05) is 32.6 Å². The van der Waals surface area contributed by atoms with E-state index in [2.05, 4.69) is 9.97 Å². The van der Waals surface area contributed by atoms with Crippen molar-refractivity contribution >= 4 is 17.4 Å². The van der Waals surface area contributed by atoms with Gasteiger partial charge in [-0.3, -0.25) is 0 Å². The van der Waals surface area contributed by atoms with Crippen LogP contribution in [0.2, 0.25) is 5.15 Å². The highest BCUT2D eigenvalue weighted by Crippen LogP contribution is 2.28. The molecule has 5 nitrogen and oxygen atoms in total. The van der Waals surface area contributed by atoms with Crippen molar-refractivity contribution in [1.82, 2.24) is 9.97 Å². The van der Waals surface area contributed by atoms with Crippen LogP contribution in [0.3, 0.4) is 0 Å². The highest BCUT2D eigenvalue weighted by molar-refractivity contribution is 6.30. The number of hydrogen-bond donors (Lipinski definition) is 2. The van der Waals surface area contributed by atoms with Gasteiger partial charge in [0.1, 0.15) is 16.8 Å². The number of halogens is 1. The third-order valence-electron chi connectivity index (χ3n) is 2.77. The van der Waals surface area contributed by atoms with Crippen molar-refractivity contribution in [3.8, 4) is 0 Å².